The van der Waals surface area contributed by atoms with Crippen LogP contribution in [0, 0.1) is 0 Å². The van der Waals surface area contributed by atoms with Gasteiger partial charge < -0.3 is 9.88 Å². The average molecular weight is 399 g/mol. The molecule has 1 amide bonds. The smallest absolute Gasteiger partial charge is 0.230 e. The summed E-state index contributed by atoms with van der Waals surface area (Å²) in [5, 5.41) is 12.7. The molecular formula is C17H20Cl2N4OS. The standard InChI is InChI=1S/C17H20Cl2N4OS/c18-12-5-6-13(19)14(10-12)25-11-17(24)20-8-7-16-22-21-15-4-2-1-3-9-23(15)16/h5-6,10H,1-4,7-9,11H2,(H,20,24). The van der Waals surface area contributed by atoms with Crippen LogP contribution < -0.4 is 5.32 Å². The summed E-state index contributed by atoms with van der Waals surface area (Å²) in [6.45, 7) is 1.54. The Morgan fingerprint density at radius 2 is 2.12 bits per heavy atom. The van der Waals surface area contributed by atoms with Crippen molar-refractivity contribution in [2.75, 3.05) is 12.3 Å². The van der Waals surface area contributed by atoms with Crippen LogP contribution in [-0.2, 0) is 24.2 Å². The molecule has 0 unspecified atom stereocenters. The van der Waals surface area contributed by atoms with Gasteiger partial charge in [0.2, 0.25) is 5.91 Å². The molecule has 0 bridgehead atoms. The van der Waals surface area contributed by atoms with Gasteiger partial charge >= 0.3 is 0 Å². The van der Waals surface area contributed by atoms with Crippen molar-refractivity contribution in [3.8, 4) is 0 Å². The molecule has 0 saturated heterocycles. The minimum absolute atomic E-state index is 0.0309. The maximum absolute atomic E-state index is 12.0. The first-order valence-corrected chi connectivity index (χ1v) is 10.1. The van der Waals surface area contributed by atoms with Gasteiger partial charge in [-0.25, -0.2) is 0 Å². The molecule has 0 aliphatic carbocycles. The summed E-state index contributed by atoms with van der Waals surface area (Å²) in [5.41, 5.74) is 0. The summed E-state index contributed by atoms with van der Waals surface area (Å²) in [6.07, 6.45) is 5.28. The van der Waals surface area contributed by atoms with Gasteiger partial charge in [0.05, 0.1) is 10.8 Å². The van der Waals surface area contributed by atoms with Gasteiger partial charge in [-0.2, -0.15) is 0 Å². The molecule has 134 valence electrons. The van der Waals surface area contributed by atoms with Crippen molar-refractivity contribution in [2.45, 2.75) is 43.5 Å². The fraction of sp³-hybridized carbons (Fsp3) is 0.471. The minimum atomic E-state index is -0.0309. The number of amides is 1. The fourth-order valence-corrected chi connectivity index (χ4v) is 4.15. The zero-order valence-corrected chi connectivity index (χ0v) is 16.1. The highest BCUT2D eigenvalue weighted by Gasteiger charge is 2.14. The Morgan fingerprint density at radius 1 is 1.24 bits per heavy atom. The molecule has 0 atom stereocenters. The van der Waals surface area contributed by atoms with Crippen LogP contribution in [0.2, 0.25) is 10.0 Å². The highest BCUT2D eigenvalue weighted by atomic mass is 35.5. The van der Waals surface area contributed by atoms with Crippen molar-refractivity contribution in [1.82, 2.24) is 20.1 Å². The molecule has 5 nitrogen and oxygen atoms in total. The number of carbonyl (C=O) groups is 1. The average Bonchev–Trinajstić information content (AvgIpc) is 2.83. The topological polar surface area (TPSA) is 59.8 Å². The number of rotatable bonds is 6. The molecular weight excluding hydrogens is 379 g/mol. The Morgan fingerprint density at radius 3 is 3.00 bits per heavy atom. The number of nitrogens with one attached hydrogen (secondary N) is 1. The first kappa shape index (κ1) is 18.5. The molecule has 8 heteroatoms. The molecule has 0 fully saturated rings. The molecule has 1 N–H and O–H groups in total. The second kappa shape index (κ2) is 8.92. The number of aryl methyl sites for hydroxylation is 1. The Hall–Kier alpha value is -1.24. The first-order valence-electron chi connectivity index (χ1n) is 8.39. The van der Waals surface area contributed by atoms with Gasteiger partial charge in [-0.05, 0) is 31.0 Å². The lowest BCUT2D eigenvalue weighted by molar-refractivity contribution is -0.118. The number of hydrogen-bond acceptors (Lipinski definition) is 4. The fourth-order valence-electron chi connectivity index (χ4n) is 2.83. The molecule has 25 heavy (non-hydrogen) atoms. The Bertz CT molecular complexity index is 750. The maximum atomic E-state index is 12.0. The molecule has 0 spiro atoms. The largest absolute Gasteiger partial charge is 0.355 e. The molecule has 1 aromatic heterocycles. The molecule has 3 rings (SSSR count). The van der Waals surface area contributed by atoms with Crippen molar-refractivity contribution in [3.63, 3.8) is 0 Å². The lowest BCUT2D eigenvalue weighted by Gasteiger charge is -2.08. The van der Waals surface area contributed by atoms with Crippen LogP contribution in [0.15, 0.2) is 23.1 Å². The van der Waals surface area contributed by atoms with Gasteiger partial charge in [0, 0.05) is 35.8 Å². The van der Waals surface area contributed by atoms with Crippen molar-refractivity contribution in [1.29, 1.82) is 0 Å². The zero-order chi connectivity index (χ0) is 17.6. The third-order valence-electron chi connectivity index (χ3n) is 4.11. The van der Waals surface area contributed by atoms with E-state index in [1.807, 2.05) is 0 Å². The molecule has 0 saturated carbocycles. The van der Waals surface area contributed by atoms with E-state index in [1.54, 1.807) is 18.2 Å². The number of benzene rings is 1. The molecule has 0 radical (unpaired) electrons. The van der Waals surface area contributed by atoms with Gasteiger partial charge in [0.25, 0.3) is 0 Å². The summed E-state index contributed by atoms with van der Waals surface area (Å²) in [6, 6.07) is 5.24. The second-order valence-electron chi connectivity index (χ2n) is 5.96. The van der Waals surface area contributed by atoms with E-state index in [-0.39, 0.29) is 5.91 Å². The van der Waals surface area contributed by atoms with E-state index >= 15 is 0 Å². The lowest BCUT2D eigenvalue weighted by Crippen LogP contribution is -2.28. The lowest BCUT2D eigenvalue weighted by atomic mass is 10.2. The number of carbonyl (C=O) groups excluding carboxylic acids is 1. The maximum Gasteiger partial charge on any atom is 0.230 e. The number of fused-ring (bicyclic) bond motifs is 1. The van der Waals surface area contributed by atoms with Crippen LogP contribution in [-0.4, -0.2) is 33.0 Å². The summed E-state index contributed by atoms with van der Waals surface area (Å²) in [5.74, 6) is 2.31. The summed E-state index contributed by atoms with van der Waals surface area (Å²) >= 11 is 13.4. The van der Waals surface area contributed by atoms with Crippen LogP contribution in [0.4, 0.5) is 0 Å². The predicted molar refractivity (Wildman–Crippen MR) is 101 cm³/mol. The van der Waals surface area contributed by atoms with Crippen LogP contribution in [0.25, 0.3) is 0 Å². The molecule has 2 aromatic rings. The van der Waals surface area contributed by atoms with Crippen molar-refractivity contribution >= 4 is 40.9 Å². The number of hydrogen-bond donors (Lipinski definition) is 1. The van der Waals surface area contributed by atoms with E-state index in [9.17, 15) is 4.79 Å². The van der Waals surface area contributed by atoms with Crippen LogP contribution in [0.3, 0.4) is 0 Å². The number of halogens is 2. The highest BCUT2D eigenvalue weighted by molar-refractivity contribution is 8.00. The first-order chi connectivity index (χ1) is 12.1. The second-order valence-corrected chi connectivity index (χ2v) is 7.82. The van der Waals surface area contributed by atoms with Crippen LogP contribution >= 0.6 is 35.0 Å². The predicted octanol–water partition coefficient (Wildman–Crippen LogP) is 3.76. The summed E-state index contributed by atoms with van der Waals surface area (Å²) in [7, 11) is 0. The Labute approximate surface area is 161 Å². The SMILES string of the molecule is O=C(CSc1cc(Cl)ccc1Cl)NCCc1nnc2n1CCCCC2. The Kier molecular flexibility index (Phi) is 6.62. The van der Waals surface area contributed by atoms with Gasteiger partial charge in [0.15, 0.2) is 0 Å². The number of aromatic nitrogens is 3. The normalized spacial score (nSPS) is 14.0. The van der Waals surface area contributed by atoms with Crippen LogP contribution in [0.5, 0.6) is 0 Å². The van der Waals surface area contributed by atoms with Gasteiger partial charge in [0.1, 0.15) is 11.6 Å². The van der Waals surface area contributed by atoms with E-state index < -0.39 is 0 Å². The third kappa shape index (κ3) is 5.12. The van der Waals surface area contributed by atoms with Gasteiger partial charge in [-0.1, -0.05) is 29.6 Å². The van der Waals surface area contributed by atoms with Crippen molar-refractivity contribution < 1.29 is 4.79 Å². The zero-order valence-electron chi connectivity index (χ0n) is 13.8. The van der Waals surface area contributed by atoms with E-state index in [1.165, 1.54) is 31.0 Å². The molecule has 1 aromatic carbocycles. The Balaban J connectivity index is 1.45. The monoisotopic (exact) mass is 398 g/mol. The highest BCUT2D eigenvalue weighted by Crippen LogP contribution is 2.29. The summed E-state index contributed by atoms with van der Waals surface area (Å²) in [4.78, 5) is 12.8. The number of nitrogens with zero attached hydrogens (tertiary/aromatic N) is 3. The quantitative estimate of drug-likeness (QED) is 0.752. The molecule has 1 aliphatic heterocycles. The third-order valence-corrected chi connectivity index (χ3v) is 5.84. The van der Waals surface area contributed by atoms with E-state index in [4.69, 9.17) is 23.2 Å². The van der Waals surface area contributed by atoms with E-state index in [0.29, 0.717) is 28.8 Å². The van der Waals surface area contributed by atoms with E-state index in [0.717, 1.165) is 29.5 Å². The summed E-state index contributed by atoms with van der Waals surface area (Å²) < 4.78 is 2.21. The van der Waals surface area contributed by atoms with Crippen LogP contribution in [0.1, 0.15) is 30.9 Å². The number of thioether (sulfide) groups is 1. The molecule has 1 aliphatic rings. The molecule has 2 heterocycles. The van der Waals surface area contributed by atoms with Crippen molar-refractivity contribution in [3.05, 3.63) is 39.9 Å². The van der Waals surface area contributed by atoms with Gasteiger partial charge in [-0.15, -0.1) is 22.0 Å². The van der Waals surface area contributed by atoms with Gasteiger partial charge in [-0.3, -0.25) is 4.79 Å². The van der Waals surface area contributed by atoms with Crippen molar-refractivity contribution in [2.24, 2.45) is 0 Å². The van der Waals surface area contributed by atoms with E-state index in [2.05, 4.69) is 20.1 Å². The minimum Gasteiger partial charge on any atom is -0.355 e.